The molecule has 0 saturated heterocycles. The van der Waals surface area contributed by atoms with Gasteiger partial charge in [-0.2, -0.15) is 18.2 Å². The summed E-state index contributed by atoms with van der Waals surface area (Å²) in [7, 11) is 1.38. The summed E-state index contributed by atoms with van der Waals surface area (Å²) in [5.41, 5.74) is 7.83. The lowest BCUT2D eigenvalue weighted by Crippen LogP contribution is -2.24. The number of amides is 1. The highest BCUT2D eigenvalue weighted by Crippen LogP contribution is 2.30. The smallest absolute Gasteiger partial charge is 0.416 e. The number of rotatable bonds is 5. The third-order valence-electron chi connectivity index (χ3n) is 4.99. The minimum Gasteiger partial charge on any atom is -0.480 e. The summed E-state index contributed by atoms with van der Waals surface area (Å²) < 4.78 is 45.6. The van der Waals surface area contributed by atoms with Crippen LogP contribution in [0.4, 0.5) is 19.1 Å². The summed E-state index contributed by atoms with van der Waals surface area (Å²) in [6.45, 7) is 1.67. The van der Waals surface area contributed by atoms with Crippen LogP contribution in [0.25, 0.3) is 16.8 Å². The Morgan fingerprint density at radius 2 is 1.97 bits per heavy atom. The van der Waals surface area contributed by atoms with Gasteiger partial charge in [0.25, 0.3) is 5.91 Å². The summed E-state index contributed by atoms with van der Waals surface area (Å²) >= 11 is 0. The number of anilines is 1. The molecule has 0 aliphatic heterocycles. The first kappa shape index (κ1) is 22.1. The number of methoxy groups -OCH3 is 1. The van der Waals surface area contributed by atoms with Gasteiger partial charge in [0, 0.05) is 24.0 Å². The molecule has 0 aliphatic rings. The zero-order chi connectivity index (χ0) is 23.8. The number of nitrogens with one attached hydrogen (secondary N) is 1. The largest absolute Gasteiger partial charge is 0.480 e. The van der Waals surface area contributed by atoms with Crippen LogP contribution in [-0.2, 0) is 12.7 Å². The molecule has 8 nitrogen and oxygen atoms in total. The second kappa shape index (κ2) is 8.41. The minimum absolute atomic E-state index is 0.0971. The number of pyridine rings is 2. The summed E-state index contributed by atoms with van der Waals surface area (Å²) in [5.74, 6) is -0.303. The number of alkyl halides is 3. The van der Waals surface area contributed by atoms with E-state index in [1.807, 2.05) is 0 Å². The Morgan fingerprint density at radius 3 is 2.70 bits per heavy atom. The van der Waals surface area contributed by atoms with Crippen molar-refractivity contribution in [3.05, 3.63) is 71.0 Å². The highest BCUT2D eigenvalue weighted by Gasteiger charge is 2.30. The zero-order valence-electron chi connectivity index (χ0n) is 17.6. The molecular weight excluding hydrogens is 437 g/mol. The molecule has 0 radical (unpaired) electrons. The maximum Gasteiger partial charge on any atom is 0.416 e. The molecule has 0 spiro atoms. The number of nitrogens with zero attached hydrogens (tertiary/aromatic N) is 4. The Morgan fingerprint density at radius 1 is 1.18 bits per heavy atom. The van der Waals surface area contributed by atoms with Crippen molar-refractivity contribution in [3.63, 3.8) is 0 Å². The number of hydrogen-bond donors (Lipinski definition) is 2. The van der Waals surface area contributed by atoms with E-state index in [-0.39, 0.29) is 23.9 Å². The maximum atomic E-state index is 12.9. The van der Waals surface area contributed by atoms with Gasteiger partial charge in [-0.15, -0.1) is 5.10 Å². The second-order valence-corrected chi connectivity index (χ2v) is 7.25. The molecule has 3 heterocycles. The highest BCUT2D eigenvalue weighted by atomic mass is 19.4. The van der Waals surface area contributed by atoms with E-state index in [0.717, 1.165) is 17.7 Å². The topological polar surface area (TPSA) is 107 Å². The van der Waals surface area contributed by atoms with E-state index in [4.69, 9.17) is 10.5 Å². The summed E-state index contributed by atoms with van der Waals surface area (Å²) in [4.78, 5) is 21.4. The second-order valence-electron chi connectivity index (χ2n) is 7.25. The fourth-order valence-corrected chi connectivity index (χ4v) is 3.40. The van der Waals surface area contributed by atoms with Crippen molar-refractivity contribution in [2.75, 3.05) is 12.8 Å². The first-order valence-corrected chi connectivity index (χ1v) is 9.78. The summed E-state index contributed by atoms with van der Waals surface area (Å²) in [6.07, 6.45) is -2.78. The number of ether oxygens (including phenoxy) is 1. The van der Waals surface area contributed by atoms with Crippen molar-refractivity contribution in [1.82, 2.24) is 24.9 Å². The average molecular weight is 456 g/mol. The third-order valence-corrected chi connectivity index (χ3v) is 4.99. The van der Waals surface area contributed by atoms with Gasteiger partial charge in [-0.25, -0.2) is 9.50 Å². The molecule has 1 amide bonds. The van der Waals surface area contributed by atoms with Crippen molar-refractivity contribution < 1.29 is 22.7 Å². The molecule has 0 aliphatic carbocycles. The fourth-order valence-electron chi connectivity index (χ4n) is 3.40. The number of halogens is 3. The van der Waals surface area contributed by atoms with Crippen LogP contribution in [0.1, 0.15) is 27.2 Å². The number of nitrogens with two attached hydrogens (primary N) is 1. The van der Waals surface area contributed by atoms with Gasteiger partial charge in [0.1, 0.15) is 5.56 Å². The Hall–Kier alpha value is -4.15. The number of fused-ring (bicyclic) bond motifs is 1. The van der Waals surface area contributed by atoms with Crippen LogP contribution in [0, 0.1) is 6.92 Å². The molecule has 11 heteroatoms. The third kappa shape index (κ3) is 4.56. The Bertz CT molecular complexity index is 1350. The van der Waals surface area contributed by atoms with E-state index in [1.165, 1.54) is 23.8 Å². The average Bonchev–Trinajstić information content (AvgIpc) is 3.16. The number of carbonyl (C=O) groups is 1. The molecule has 4 aromatic rings. The van der Waals surface area contributed by atoms with Gasteiger partial charge in [0.2, 0.25) is 11.8 Å². The molecule has 33 heavy (non-hydrogen) atoms. The van der Waals surface area contributed by atoms with E-state index >= 15 is 0 Å². The SMILES string of the molecule is COc1nc(C)c(-c2ccn3nc(N)nc3c2)cc1C(=O)NCc1cccc(C(F)(F)F)c1. The van der Waals surface area contributed by atoms with Crippen molar-refractivity contribution in [1.29, 1.82) is 0 Å². The van der Waals surface area contributed by atoms with Gasteiger partial charge in [0.05, 0.1) is 12.7 Å². The van der Waals surface area contributed by atoms with Crippen LogP contribution in [0.15, 0.2) is 48.7 Å². The molecule has 3 N–H and O–H groups in total. The van der Waals surface area contributed by atoms with E-state index in [9.17, 15) is 18.0 Å². The van der Waals surface area contributed by atoms with Gasteiger partial charge in [-0.05, 0) is 48.4 Å². The van der Waals surface area contributed by atoms with Crippen molar-refractivity contribution >= 4 is 17.5 Å². The maximum absolute atomic E-state index is 12.9. The van der Waals surface area contributed by atoms with Crippen LogP contribution >= 0.6 is 0 Å². The Labute approximate surface area is 186 Å². The predicted molar refractivity (Wildman–Crippen MR) is 115 cm³/mol. The number of benzene rings is 1. The van der Waals surface area contributed by atoms with Crippen molar-refractivity contribution in [2.24, 2.45) is 0 Å². The van der Waals surface area contributed by atoms with E-state index in [2.05, 4.69) is 20.4 Å². The van der Waals surface area contributed by atoms with E-state index in [1.54, 1.807) is 31.3 Å². The predicted octanol–water partition coefficient (Wildman–Crippen LogP) is 3.64. The molecule has 0 fully saturated rings. The molecule has 170 valence electrons. The highest BCUT2D eigenvalue weighted by molar-refractivity contribution is 5.97. The lowest BCUT2D eigenvalue weighted by molar-refractivity contribution is -0.137. The van der Waals surface area contributed by atoms with Crippen LogP contribution in [0.5, 0.6) is 5.88 Å². The fraction of sp³-hybridized carbons (Fsp3) is 0.182. The molecule has 0 unspecified atom stereocenters. The Balaban J connectivity index is 1.63. The summed E-state index contributed by atoms with van der Waals surface area (Å²) in [6, 6.07) is 9.93. The molecule has 4 rings (SSSR count). The number of aromatic nitrogens is 4. The number of carbonyl (C=O) groups excluding carboxylic acids is 1. The van der Waals surface area contributed by atoms with Gasteiger partial charge in [-0.3, -0.25) is 4.79 Å². The molecule has 1 aromatic carbocycles. The first-order valence-electron chi connectivity index (χ1n) is 9.78. The van der Waals surface area contributed by atoms with Gasteiger partial charge in [0.15, 0.2) is 5.65 Å². The molecule has 0 atom stereocenters. The summed E-state index contributed by atoms with van der Waals surface area (Å²) in [5, 5.41) is 6.66. The first-order chi connectivity index (χ1) is 15.7. The van der Waals surface area contributed by atoms with Crippen molar-refractivity contribution in [3.8, 4) is 17.0 Å². The van der Waals surface area contributed by atoms with E-state index in [0.29, 0.717) is 22.5 Å². The van der Waals surface area contributed by atoms with Gasteiger partial charge < -0.3 is 15.8 Å². The van der Waals surface area contributed by atoms with Gasteiger partial charge >= 0.3 is 6.18 Å². The van der Waals surface area contributed by atoms with Gasteiger partial charge in [-0.1, -0.05) is 12.1 Å². The standard InChI is InChI=1S/C22H19F3N6O2/c1-12-16(14-6-7-31-18(9-14)29-21(26)30-31)10-17(20(28-12)33-2)19(32)27-11-13-4-3-5-15(8-13)22(23,24)25/h3-10H,11H2,1-2H3,(H2,26,30)(H,27,32). The lowest BCUT2D eigenvalue weighted by Gasteiger charge is -2.14. The quantitative estimate of drug-likeness (QED) is 0.475. The minimum atomic E-state index is -4.46. The molecule has 3 aromatic heterocycles. The van der Waals surface area contributed by atoms with Crippen LogP contribution in [0.2, 0.25) is 0 Å². The monoisotopic (exact) mass is 456 g/mol. The Kier molecular flexibility index (Phi) is 5.62. The molecular formula is C22H19F3N6O2. The number of hydrogen-bond acceptors (Lipinski definition) is 6. The normalized spacial score (nSPS) is 11.5. The van der Waals surface area contributed by atoms with Crippen LogP contribution in [0.3, 0.4) is 0 Å². The number of nitrogen functional groups attached to an aromatic ring is 1. The van der Waals surface area contributed by atoms with Crippen molar-refractivity contribution in [2.45, 2.75) is 19.6 Å². The van der Waals surface area contributed by atoms with Crippen LogP contribution in [-0.4, -0.2) is 32.6 Å². The van der Waals surface area contributed by atoms with Crippen LogP contribution < -0.4 is 15.8 Å². The van der Waals surface area contributed by atoms with E-state index < -0.39 is 17.6 Å². The molecule has 0 saturated carbocycles. The molecule has 0 bridgehead atoms. The number of aryl methyl sites for hydroxylation is 1. The zero-order valence-corrected chi connectivity index (χ0v) is 17.6. The lowest BCUT2D eigenvalue weighted by atomic mass is 10.0.